The molecular formula is C31H43NO2. The van der Waals surface area contributed by atoms with Crippen molar-refractivity contribution in [1.82, 2.24) is 0 Å². The van der Waals surface area contributed by atoms with Crippen LogP contribution in [0.5, 0.6) is 0 Å². The van der Waals surface area contributed by atoms with Crippen LogP contribution in [-0.2, 0) is 9.59 Å². The standard InChI is InChI=1S/C31H43NO2/c1-8-31-12-9-20-25(21(31)17-27(2,3)13-14-31)22(33)15-24-29(20,6)11-10-23-28(4,5)26(34)19(18-32)16-30(23,24)7/h8,16,20-21,23-25H,1,9-15,17H2,2-7H3. The Hall–Kier alpha value is -1.69. The minimum absolute atomic E-state index is 0.0149. The van der Waals surface area contributed by atoms with Crippen LogP contribution in [0.4, 0.5) is 0 Å². The van der Waals surface area contributed by atoms with Gasteiger partial charge in [0.2, 0.25) is 0 Å². The molecule has 0 saturated heterocycles. The van der Waals surface area contributed by atoms with E-state index in [2.05, 4.69) is 46.4 Å². The van der Waals surface area contributed by atoms with Crippen molar-refractivity contribution in [3.63, 3.8) is 0 Å². The van der Waals surface area contributed by atoms with Crippen molar-refractivity contribution in [2.24, 2.45) is 56.7 Å². The molecule has 0 bridgehead atoms. The first-order chi connectivity index (χ1) is 15.8. The van der Waals surface area contributed by atoms with Crippen LogP contribution in [0.1, 0.15) is 92.9 Å². The van der Waals surface area contributed by atoms with Crippen molar-refractivity contribution in [2.45, 2.75) is 92.9 Å². The van der Waals surface area contributed by atoms with E-state index >= 15 is 0 Å². The van der Waals surface area contributed by atoms with E-state index < -0.39 is 5.41 Å². The SMILES string of the molecule is C=CC12CCC3C(C(=O)CC4C5(C)C=C(C#N)C(=O)C(C)(C)C5CCC34C)C1CC(C)(C)CC2. The summed E-state index contributed by atoms with van der Waals surface area (Å²) in [6.45, 7) is 17.8. The highest BCUT2D eigenvalue weighted by atomic mass is 16.1. The largest absolute Gasteiger partial charge is 0.299 e. The van der Waals surface area contributed by atoms with Crippen LogP contribution in [0.3, 0.4) is 0 Å². The molecule has 5 aliphatic rings. The normalized spacial score (nSPS) is 48.9. The maximum absolute atomic E-state index is 14.2. The molecule has 4 saturated carbocycles. The van der Waals surface area contributed by atoms with Crippen LogP contribution < -0.4 is 0 Å². The van der Waals surface area contributed by atoms with Crippen LogP contribution in [0.25, 0.3) is 0 Å². The van der Waals surface area contributed by atoms with Gasteiger partial charge in [-0.15, -0.1) is 6.58 Å². The molecule has 0 amide bonds. The minimum atomic E-state index is -0.562. The molecule has 0 aliphatic heterocycles. The lowest BCUT2D eigenvalue weighted by Gasteiger charge is -2.68. The van der Waals surface area contributed by atoms with E-state index in [-0.39, 0.29) is 45.2 Å². The number of hydrogen-bond donors (Lipinski definition) is 0. The summed E-state index contributed by atoms with van der Waals surface area (Å²) in [7, 11) is 0. The van der Waals surface area contributed by atoms with Gasteiger partial charge in [0, 0.05) is 17.8 Å². The Morgan fingerprint density at radius 1 is 0.971 bits per heavy atom. The van der Waals surface area contributed by atoms with E-state index in [1.165, 1.54) is 6.42 Å². The average molecular weight is 462 g/mol. The molecule has 3 heteroatoms. The predicted molar refractivity (Wildman–Crippen MR) is 135 cm³/mol. The Balaban J connectivity index is 1.59. The summed E-state index contributed by atoms with van der Waals surface area (Å²) in [5, 5.41) is 9.82. The number of fused-ring (bicyclic) bond motifs is 7. The van der Waals surface area contributed by atoms with E-state index in [4.69, 9.17) is 0 Å². The number of nitrogens with zero attached hydrogens (tertiary/aromatic N) is 1. The van der Waals surface area contributed by atoms with Crippen LogP contribution in [0, 0.1) is 68.0 Å². The lowest BCUT2D eigenvalue weighted by atomic mass is 9.35. The molecule has 3 nitrogen and oxygen atoms in total. The first kappa shape index (κ1) is 24.0. The fourth-order valence-electron chi connectivity index (χ4n) is 10.3. The van der Waals surface area contributed by atoms with Crippen molar-refractivity contribution in [2.75, 3.05) is 0 Å². The molecule has 0 aromatic carbocycles. The smallest absolute Gasteiger partial charge is 0.178 e. The zero-order chi connectivity index (χ0) is 24.9. The van der Waals surface area contributed by atoms with Gasteiger partial charge in [-0.2, -0.15) is 5.26 Å². The highest BCUT2D eigenvalue weighted by Crippen LogP contribution is 2.71. The van der Waals surface area contributed by atoms with Crippen LogP contribution >= 0.6 is 0 Å². The molecule has 0 aromatic heterocycles. The lowest BCUT2D eigenvalue weighted by molar-refractivity contribution is -0.186. The molecule has 5 aliphatic carbocycles. The molecular weight excluding hydrogens is 418 g/mol. The predicted octanol–water partition coefficient (Wildman–Crippen LogP) is 7.08. The van der Waals surface area contributed by atoms with Gasteiger partial charge in [0.25, 0.3) is 0 Å². The van der Waals surface area contributed by atoms with E-state index in [1.807, 2.05) is 19.9 Å². The van der Waals surface area contributed by atoms with Crippen molar-refractivity contribution in [3.05, 3.63) is 24.3 Å². The van der Waals surface area contributed by atoms with Gasteiger partial charge in [0.05, 0.1) is 5.57 Å². The average Bonchev–Trinajstić information content (AvgIpc) is 2.77. The zero-order valence-corrected chi connectivity index (χ0v) is 22.2. The van der Waals surface area contributed by atoms with Crippen molar-refractivity contribution < 1.29 is 9.59 Å². The summed E-state index contributed by atoms with van der Waals surface area (Å²) < 4.78 is 0. The quantitative estimate of drug-likeness (QED) is 0.392. The second-order valence-corrected chi connectivity index (χ2v) is 14.5. The third-order valence-corrected chi connectivity index (χ3v) is 12.1. The lowest BCUT2D eigenvalue weighted by Crippen LogP contribution is -2.64. The fourth-order valence-corrected chi connectivity index (χ4v) is 10.3. The Bertz CT molecular complexity index is 1030. The van der Waals surface area contributed by atoms with Crippen LogP contribution in [-0.4, -0.2) is 11.6 Å². The van der Waals surface area contributed by atoms with Gasteiger partial charge in [0.15, 0.2) is 5.78 Å². The number of rotatable bonds is 1. The third kappa shape index (κ3) is 2.93. The summed E-state index contributed by atoms with van der Waals surface area (Å²) in [5.74, 6) is 1.72. The van der Waals surface area contributed by atoms with Gasteiger partial charge >= 0.3 is 0 Å². The maximum Gasteiger partial charge on any atom is 0.178 e. The second-order valence-electron chi connectivity index (χ2n) is 14.5. The molecule has 8 atom stereocenters. The molecule has 184 valence electrons. The number of nitriles is 1. The summed E-state index contributed by atoms with van der Waals surface area (Å²) in [5.41, 5.74) is -0.0941. The first-order valence-corrected chi connectivity index (χ1v) is 13.6. The maximum atomic E-state index is 14.2. The zero-order valence-electron chi connectivity index (χ0n) is 22.2. The van der Waals surface area contributed by atoms with E-state index in [0.717, 1.165) is 38.5 Å². The monoisotopic (exact) mass is 461 g/mol. The topological polar surface area (TPSA) is 57.9 Å². The van der Waals surface area contributed by atoms with Crippen molar-refractivity contribution in [1.29, 1.82) is 5.26 Å². The fraction of sp³-hybridized carbons (Fsp3) is 0.774. The van der Waals surface area contributed by atoms with Crippen molar-refractivity contribution >= 4 is 11.6 Å². The number of ketones is 2. The molecule has 5 rings (SSSR count). The van der Waals surface area contributed by atoms with Crippen LogP contribution in [0.15, 0.2) is 24.3 Å². The Morgan fingerprint density at radius 3 is 2.32 bits per heavy atom. The van der Waals surface area contributed by atoms with Crippen LogP contribution in [0.2, 0.25) is 0 Å². The van der Waals surface area contributed by atoms with Crippen molar-refractivity contribution in [3.8, 4) is 6.07 Å². The van der Waals surface area contributed by atoms with Gasteiger partial charge in [0.1, 0.15) is 11.9 Å². The number of carbonyl (C=O) groups excluding carboxylic acids is 2. The third-order valence-electron chi connectivity index (χ3n) is 12.1. The highest BCUT2D eigenvalue weighted by molar-refractivity contribution is 6.04. The van der Waals surface area contributed by atoms with Gasteiger partial charge in [-0.05, 0) is 90.3 Å². The van der Waals surface area contributed by atoms with Gasteiger partial charge < -0.3 is 0 Å². The van der Waals surface area contributed by atoms with E-state index in [0.29, 0.717) is 29.6 Å². The molecule has 0 heterocycles. The summed E-state index contributed by atoms with van der Waals surface area (Å²) >= 11 is 0. The molecule has 8 unspecified atom stereocenters. The van der Waals surface area contributed by atoms with Gasteiger partial charge in [-0.1, -0.05) is 53.7 Å². The molecule has 0 spiro atoms. The van der Waals surface area contributed by atoms with E-state index in [9.17, 15) is 14.9 Å². The minimum Gasteiger partial charge on any atom is -0.299 e. The van der Waals surface area contributed by atoms with E-state index in [1.54, 1.807) is 0 Å². The summed E-state index contributed by atoms with van der Waals surface area (Å²) in [4.78, 5) is 27.3. The van der Waals surface area contributed by atoms with Gasteiger partial charge in [-0.3, -0.25) is 9.59 Å². The molecule has 0 radical (unpaired) electrons. The first-order valence-electron chi connectivity index (χ1n) is 13.6. The second kappa shape index (κ2) is 7.18. The Kier molecular flexibility index (Phi) is 5.07. The Morgan fingerprint density at radius 2 is 1.68 bits per heavy atom. The van der Waals surface area contributed by atoms with Gasteiger partial charge in [-0.25, -0.2) is 0 Å². The number of allylic oxidation sites excluding steroid dienone is 3. The summed E-state index contributed by atoms with van der Waals surface area (Å²) in [6.07, 6.45) is 12.6. The highest BCUT2D eigenvalue weighted by Gasteiger charge is 2.67. The molecule has 34 heavy (non-hydrogen) atoms. The number of hydrogen-bond acceptors (Lipinski definition) is 3. The Labute approximate surface area is 206 Å². The molecule has 4 fully saturated rings. The number of carbonyl (C=O) groups is 2. The summed E-state index contributed by atoms with van der Waals surface area (Å²) in [6, 6.07) is 2.22. The molecule has 0 aromatic rings. The number of Topliss-reactive ketones (excluding diaryl/α,β-unsaturated/α-hetero) is 2. The molecule has 0 N–H and O–H groups in total.